The number of carbonyl (C=O) groups is 1. The van der Waals surface area contributed by atoms with Gasteiger partial charge >= 0.3 is 0 Å². The minimum Gasteiger partial charge on any atom is -0.362 e. The van der Waals surface area contributed by atoms with Gasteiger partial charge in [0.05, 0.1) is 24.1 Å². The van der Waals surface area contributed by atoms with Crippen molar-refractivity contribution in [1.82, 2.24) is 9.97 Å². The number of nitrogens with zero attached hydrogens (tertiary/aromatic N) is 3. The van der Waals surface area contributed by atoms with Gasteiger partial charge in [-0.25, -0.2) is 4.98 Å². The number of fused-ring (bicyclic) bond motifs is 1. The molecule has 0 fully saturated rings. The monoisotopic (exact) mass is 338 g/mol. The van der Waals surface area contributed by atoms with Crippen LogP contribution < -0.4 is 10.2 Å². The second kappa shape index (κ2) is 6.82. The van der Waals surface area contributed by atoms with Crippen LogP contribution in [0.1, 0.15) is 50.1 Å². The lowest BCUT2D eigenvalue weighted by Gasteiger charge is -2.45. The number of nitrogens with one attached hydrogen (secondary N) is 1. The highest BCUT2D eigenvalue weighted by atomic mass is 16.2. The van der Waals surface area contributed by atoms with Crippen molar-refractivity contribution in [3.8, 4) is 0 Å². The molecule has 1 N–H and O–H groups in total. The first-order valence-corrected chi connectivity index (χ1v) is 8.88. The van der Waals surface area contributed by atoms with E-state index in [-0.39, 0.29) is 23.9 Å². The molecule has 1 aliphatic rings. The van der Waals surface area contributed by atoms with Crippen molar-refractivity contribution < 1.29 is 4.79 Å². The summed E-state index contributed by atoms with van der Waals surface area (Å²) < 4.78 is 0. The Bertz CT molecular complexity index is 772. The molecule has 3 unspecified atom stereocenters. The number of carbonyl (C=O) groups excluding carboxylic acids is 1. The molecule has 0 saturated carbocycles. The highest BCUT2D eigenvalue weighted by molar-refractivity contribution is 5.94. The molecular formula is C20H26N4O. The largest absolute Gasteiger partial charge is 0.362 e. The number of anilines is 2. The molecule has 0 spiro atoms. The average molecular weight is 338 g/mol. The van der Waals surface area contributed by atoms with Gasteiger partial charge in [-0.1, -0.05) is 31.5 Å². The average Bonchev–Trinajstić information content (AvgIpc) is 2.58. The molecular weight excluding hydrogens is 312 g/mol. The fourth-order valence-electron chi connectivity index (χ4n) is 3.85. The molecule has 2 heterocycles. The molecule has 1 aliphatic heterocycles. The summed E-state index contributed by atoms with van der Waals surface area (Å²) in [6.45, 7) is 10.0. The highest BCUT2D eigenvalue weighted by Crippen LogP contribution is 2.43. The van der Waals surface area contributed by atoms with Crippen molar-refractivity contribution in [3.63, 3.8) is 0 Å². The number of aromatic nitrogens is 2. The molecule has 1 aromatic heterocycles. The molecule has 5 heteroatoms. The molecule has 3 rings (SSSR count). The molecule has 3 atom stereocenters. The van der Waals surface area contributed by atoms with E-state index in [1.807, 2.05) is 11.8 Å². The van der Waals surface area contributed by atoms with E-state index in [4.69, 9.17) is 0 Å². The van der Waals surface area contributed by atoms with Crippen molar-refractivity contribution in [1.29, 1.82) is 0 Å². The minimum absolute atomic E-state index is 0.0902. The quantitative estimate of drug-likeness (QED) is 0.918. The maximum absolute atomic E-state index is 12.3. The molecule has 2 aromatic rings. The Labute approximate surface area is 149 Å². The van der Waals surface area contributed by atoms with Gasteiger partial charge in [0.1, 0.15) is 5.82 Å². The third-order valence-corrected chi connectivity index (χ3v) is 5.08. The smallest absolute Gasteiger partial charge is 0.224 e. The first-order valence-electron chi connectivity index (χ1n) is 8.88. The molecule has 132 valence electrons. The van der Waals surface area contributed by atoms with Crippen molar-refractivity contribution in [3.05, 3.63) is 47.4 Å². The number of aryl methyl sites for hydroxylation is 2. The zero-order valence-electron chi connectivity index (χ0n) is 15.6. The maximum Gasteiger partial charge on any atom is 0.224 e. The Hall–Kier alpha value is -2.43. The van der Waals surface area contributed by atoms with Crippen LogP contribution in [0.3, 0.4) is 0 Å². The topological polar surface area (TPSA) is 58.1 Å². The Balaban J connectivity index is 2.07. The van der Waals surface area contributed by atoms with Crippen LogP contribution in [0.15, 0.2) is 30.6 Å². The number of hydrogen-bond donors (Lipinski definition) is 1. The summed E-state index contributed by atoms with van der Waals surface area (Å²) in [5.74, 6) is 1.12. The summed E-state index contributed by atoms with van der Waals surface area (Å²) in [5.41, 5.74) is 4.23. The van der Waals surface area contributed by atoms with Crippen molar-refractivity contribution in [2.24, 2.45) is 5.92 Å². The molecule has 0 aliphatic carbocycles. The van der Waals surface area contributed by atoms with Crippen LogP contribution in [0, 0.1) is 19.8 Å². The van der Waals surface area contributed by atoms with Gasteiger partial charge < -0.3 is 10.2 Å². The number of amides is 1. The Morgan fingerprint density at radius 2 is 2.00 bits per heavy atom. The summed E-state index contributed by atoms with van der Waals surface area (Å²) in [6, 6.07) is 6.56. The van der Waals surface area contributed by atoms with E-state index in [2.05, 4.69) is 54.3 Å². The van der Waals surface area contributed by atoms with Gasteiger partial charge in [0, 0.05) is 24.6 Å². The lowest BCUT2D eigenvalue weighted by molar-refractivity contribution is -0.117. The van der Waals surface area contributed by atoms with E-state index in [9.17, 15) is 4.79 Å². The maximum atomic E-state index is 12.3. The van der Waals surface area contributed by atoms with Gasteiger partial charge in [-0.05, 0) is 31.9 Å². The Morgan fingerprint density at radius 3 is 2.60 bits per heavy atom. The fourth-order valence-corrected chi connectivity index (χ4v) is 3.85. The SMILES string of the molecule is CCC1C(C)C(Nc2cnc(C)cn2)c2cc(C)ccc2N1C(C)=O. The fraction of sp³-hybridized carbons (Fsp3) is 0.450. The Morgan fingerprint density at radius 1 is 1.24 bits per heavy atom. The van der Waals surface area contributed by atoms with Crippen molar-refractivity contribution in [2.75, 3.05) is 10.2 Å². The molecule has 0 bridgehead atoms. The van der Waals surface area contributed by atoms with E-state index in [0.717, 1.165) is 29.2 Å². The predicted molar refractivity (Wildman–Crippen MR) is 101 cm³/mol. The van der Waals surface area contributed by atoms with Gasteiger partial charge in [-0.3, -0.25) is 9.78 Å². The van der Waals surface area contributed by atoms with E-state index in [1.54, 1.807) is 19.3 Å². The van der Waals surface area contributed by atoms with Crippen LogP contribution in [0.25, 0.3) is 0 Å². The van der Waals surface area contributed by atoms with Crippen LogP contribution >= 0.6 is 0 Å². The molecule has 5 nitrogen and oxygen atoms in total. The van der Waals surface area contributed by atoms with Crippen LogP contribution in [0.5, 0.6) is 0 Å². The standard InChI is InChI=1S/C20H26N4O/c1-6-17-14(4)20(23-19-11-21-13(3)10-22-19)16-9-12(2)7-8-18(16)24(17)15(5)25/h7-11,14,17,20H,6H2,1-5H3,(H,22,23). The first-order chi connectivity index (χ1) is 11.9. The summed E-state index contributed by atoms with van der Waals surface area (Å²) >= 11 is 0. The van der Waals surface area contributed by atoms with E-state index >= 15 is 0 Å². The highest BCUT2D eigenvalue weighted by Gasteiger charge is 2.39. The van der Waals surface area contributed by atoms with E-state index < -0.39 is 0 Å². The molecule has 0 radical (unpaired) electrons. The van der Waals surface area contributed by atoms with Crippen molar-refractivity contribution in [2.45, 2.75) is 53.1 Å². The lowest BCUT2D eigenvalue weighted by Crippen LogP contribution is -2.49. The van der Waals surface area contributed by atoms with Gasteiger partial charge in [0.2, 0.25) is 5.91 Å². The van der Waals surface area contributed by atoms with Gasteiger partial charge in [-0.15, -0.1) is 0 Å². The van der Waals surface area contributed by atoms with E-state index in [1.165, 1.54) is 5.56 Å². The first kappa shape index (κ1) is 17.4. The second-order valence-corrected chi connectivity index (χ2v) is 6.95. The third kappa shape index (κ3) is 3.23. The Kier molecular flexibility index (Phi) is 4.75. The molecule has 0 saturated heterocycles. The number of hydrogen-bond acceptors (Lipinski definition) is 4. The number of benzene rings is 1. The third-order valence-electron chi connectivity index (χ3n) is 5.08. The second-order valence-electron chi connectivity index (χ2n) is 6.95. The van der Waals surface area contributed by atoms with Crippen LogP contribution in [-0.4, -0.2) is 21.9 Å². The summed E-state index contributed by atoms with van der Waals surface area (Å²) in [6.07, 6.45) is 4.45. The molecule has 1 amide bonds. The zero-order chi connectivity index (χ0) is 18.1. The van der Waals surface area contributed by atoms with Crippen LogP contribution in [-0.2, 0) is 4.79 Å². The normalized spacial score (nSPS) is 22.4. The zero-order valence-corrected chi connectivity index (χ0v) is 15.6. The molecule has 1 aromatic carbocycles. The minimum atomic E-state index is 0.0902. The predicted octanol–water partition coefficient (Wildman–Crippen LogP) is 4.03. The molecule has 25 heavy (non-hydrogen) atoms. The number of rotatable bonds is 3. The van der Waals surface area contributed by atoms with Gasteiger partial charge in [0.25, 0.3) is 0 Å². The van der Waals surface area contributed by atoms with Gasteiger partial charge in [0.15, 0.2) is 0 Å². The lowest BCUT2D eigenvalue weighted by atomic mass is 9.80. The van der Waals surface area contributed by atoms with Crippen LogP contribution in [0.4, 0.5) is 11.5 Å². The van der Waals surface area contributed by atoms with Crippen molar-refractivity contribution >= 4 is 17.4 Å². The van der Waals surface area contributed by atoms with Crippen LogP contribution in [0.2, 0.25) is 0 Å². The van der Waals surface area contributed by atoms with Gasteiger partial charge in [-0.2, -0.15) is 0 Å². The van der Waals surface area contributed by atoms with E-state index in [0.29, 0.717) is 0 Å². The summed E-state index contributed by atoms with van der Waals surface area (Å²) in [4.78, 5) is 23.1. The summed E-state index contributed by atoms with van der Waals surface area (Å²) in [7, 11) is 0. The summed E-state index contributed by atoms with van der Waals surface area (Å²) in [5, 5.41) is 3.55.